The van der Waals surface area contributed by atoms with Gasteiger partial charge in [-0.3, -0.25) is 0 Å². The van der Waals surface area contributed by atoms with Gasteiger partial charge in [-0.05, 0) is 20.8 Å². The second kappa shape index (κ2) is 5.77. The van der Waals surface area contributed by atoms with Gasteiger partial charge < -0.3 is 15.0 Å². The number of ether oxygens (including phenoxy) is 1. The fraction of sp³-hybridized carbons (Fsp3) is 0.583. The molecule has 7 heteroatoms. The Bertz CT molecular complexity index is 530. The van der Waals surface area contributed by atoms with Crippen molar-refractivity contribution in [2.45, 2.75) is 39.3 Å². The molecule has 104 valence electrons. The summed E-state index contributed by atoms with van der Waals surface area (Å²) in [6.07, 6.45) is 0.847. The van der Waals surface area contributed by atoms with Gasteiger partial charge in [-0.25, -0.2) is 4.98 Å². The molecule has 0 saturated carbocycles. The first-order valence-corrected chi connectivity index (χ1v) is 6.93. The number of nitrogens with zero attached hydrogens (tertiary/aromatic N) is 3. The number of rotatable bonds is 6. The van der Waals surface area contributed by atoms with E-state index in [1.54, 1.807) is 11.3 Å². The van der Waals surface area contributed by atoms with E-state index in [1.807, 2.05) is 26.3 Å². The molecule has 0 atom stereocenters. The van der Waals surface area contributed by atoms with Gasteiger partial charge in [0.05, 0.1) is 23.4 Å². The van der Waals surface area contributed by atoms with Gasteiger partial charge in [0.15, 0.2) is 5.82 Å². The minimum absolute atomic E-state index is 0.306. The number of hydrogen-bond donors (Lipinski definition) is 1. The van der Waals surface area contributed by atoms with Crippen molar-refractivity contribution in [3.63, 3.8) is 0 Å². The molecular weight excluding hydrogens is 264 g/mol. The lowest BCUT2D eigenvalue weighted by Gasteiger charge is -2.11. The van der Waals surface area contributed by atoms with Crippen molar-refractivity contribution < 1.29 is 9.26 Å². The minimum Gasteiger partial charge on any atom is -0.371 e. The Morgan fingerprint density at radius 1 is 1.47 bits per heavy atom. The highest BCUT2D eigenvalue weighted by Gasteiger charge is 2.21. The maximum Gasteiger partial charge on any atom is 0.252 e. The van der Waals surface area contributed by atoms with Crippen molar-refractivity contribution in [3.8, 4) is 0 Å². The van der Waals surface area contributed by atoms with Gasteiger partial charge in [0.2, 0.25) is 0 Å². The Morgan fingerprint density at radius 3 is 2.84 bits per heavy atom. The van der Waals surface area contributed by atoms with Crippen LogP contribution < -0.4 is 5.73 Å². The zero-order valence-corrected chi connectivity index (χ0v) is 12.2. The largest absolute Gasteiger partial charge is 0.371 e. The van der Waals surface area contributed by atoms with Crippen LogP contribution in [0.2, 0.25) is 0 Å². The van der Waals surface area contributed by atoms with Crippen LogP contribution in [0.4, 0.5) is 0 Å². The van der Waals surface area contributed by atoms with E-state index in [4.69, 9.17) is 15.0 Å². The molecule has 0 aliphatic carbocycles. The summed E-state index contributed by atoms with van der Waals surface area (Å²) in [4.78, 5) is 9.63. The van der Waals surface area contributed by atoms with Crippen molar-refractivity contribution >= 4 is 11.3 Å². The van der Waals surface area contributed by atoms with E-state index in [0.29, 0.717) is 24.9 Å². The van der Waals surface area contributed by atoms with Gasteiger partial charge in [-0.2, -0.15) is 4.98 Å². The van der Waals surface area contributed by atoms with E-state index in [1.165, 1.54) is 4.88 Å². The Labute approximate surface area is 116 Å². The molecule has 6 nitrogen and oxygen atoms in total. The van der Waals surface area contributed by atoms with Crippen LogP contribution in [-0.2, 0) is 23.3 Å². The van der Waals surface area contributed by atoms with E-state index in [2.05, 4.69) is 15.1 Å². The number of hydrogen-bond acceptors (Lipinski definition) is 7. The van der Waals surface area contributed by atoms with Crippen molar-refractivity contribution in [1.29, 1.82) is 0 Å². The molecule has 2 N–H and O–H groups in total. The maximum absolute atomic E-state index is 5.87. The summed E-state index contributed by atoms with van der Waals surface area (Å²) in [6, 6.07) is 0. The third-order valence-electron chi connectivity index (χ3n) is 2.59. The van der Waals surface area contributed by atoms with E-state index in [0.717, 1.165) is 12.1 Å². The van der Waals surface area contributed by atoms with Crippen molar-refractivity contribution in [2.75, 3.05) is 6.61 Å². The third-order valence-corrected chi connectivity index (χ3v) is 3.58. The molecule has 0 aromatic carbocycles. The van der Waals surface area contributed by atoms with Crippen LogP contribution in [0.3, 0.4) is 0 Å². The fourth-order valence-corrected chi connectivity index (χ4v) is 2.23. The monoisotopic (exact) mass is 282 g/mol. The maximum atomic E-state index is 5.87. The second-order valence-electron chi connectivity index (χ2n) is 4.90. The Balaban J connectivity index is 1.77. The minimum atomic E-state index is -0.596. The van der Waals surface area contributed by atoms with E-state index >= 15 is 0 Å². The second-order valence-corrected chi connectivity index (χ2v) is 5.84. The van der Waals surface area contributed by atoms with Gasteiger partial charge in [0, 0.05) is 11.3 Å². The van der Waals surface area contributed by atoms with E-state index in [-0.39, 0.29) is 0 Å². The zero-order valence-electron chi connectivity index (χ0n) is 11.3. The molecule has 0 bridgehead atoms. The average molecular weight is 282 g/mol. The van der Waals surface area contributed by atoms with Crippen molar-refractivity contribution in [1.82, 2.24) is 15.1 Å². The number of thiazole rings is 1. The summed E-state index contributed by atoms with van der Waals surface area (Å²) in [6.45, 7) is 6.57. The predicted molar refractivity (Wildman–Crippen MR) is 71.7 cm³/mol. The van der Waals surface area contributed by atoms with Crippen LogP contribution in [0.1, 0.15) is 36.1 Å². The first-order chi connectivity index (χ1) is 8.97. The summed E-state index contributed by atoms with van der Waals surface area (Å²) < 4.78 is 10.6. The van der Waals surface area contributed by atoms with Crippen LogP contribution in [-0.4, -0.2) is 21.7 Å². The normalized spacial score (nSPS) is 12.0. The standard InChI is InChI=1S/C12H18N4O2S/c1-8-9(19-7-14-8)4-5-17-6-10-15-11(16-18-10)12(2,3)13/h7H,4-6,13H2,1-3H3. The lowest BCUT2D eigenvalue weighted by Crippen LogP contribution is -2.30. The van der Waals surface area contributed by atoms with Gasteiger partial charge >= 0.3 is 0 Å². The lowest BCUT2D eigenvalue weighted by molar-refractivity contribution is 0.100. The van der Waals surface area contributed by atoms with Crippen molar-refractivity contribution in [3.05, 3.63) is 27.8 Å². The number of aryl methyl sites for hydroxylation is 1. The molecule has 2 aromatic heterocycles. The highest BCUT2D eigenvalue weighted by atomic mass is 32.1. The van der Waals surface area contributed by atoms with Crippen LogP contribution in [0.5, 0.6) is 0 Å². The first-order valence-electron chi connectivity index (χ1n) is 6.05. The molecule has 2 aromatic rings. The molecule has 0 unspecified atom stereocenters. The predicted octanol–water partition coefficient (Wildman–Crippen LogP) is 1.79. The number of aromatic nitrogens is 3. The summed E-state index contributed by atoms with van der Waals surface area (Å²) in [5.74, 6) is 0.943. The zero-order chi connectivity index (χ0) is 13.9. The summed E-state index contributed by atoms with van der Waals surface area (Å²) in [7, 11) is 0. The lowest BCUT2D eigenvalue weighted by atomic mass is 10.1. The van der Waals surface area contributed by atoms with Gasteiger partial charge in [-0.1, -0.05) is 5.16 Å². The smallest absolute Gasteiger partial charge is 0.252 e. The Morgan fingerprint density at radius 2 is 2.26 bits per heavy atom. The van der Waals surface area contributed by atoms with Crippen LogP contribution in [0.15, 0.2) is 10.0 Å². The third kappa shape index (κ3) is 3.82. The molecule has 0 radical (unpaired) electrons. The number of nitrogens with two attached hydrogens (primary N) is 1. The highest BCUT2D eigenvalue weighted by molar-refractivity contribution is 7.09. The molecule has 0 saturated heterocycles. The SMILES string of the molecule is Cc1ncsc1CCOCc1nc(C(C)(C)N)no1. The van der Waals surface area contributed by atoms with Crippen molar-refractivity contribution in [2.24, 2.45) is 5.73 Å². The van der Waals surface area contributed by atoms with Gasteiger partial charge in [0.25, 0.3) is 5.89 Å². The first kappa shape index (κ1) is 14.1. The molecule has 19 heavy (non-hydrogen) atoms. The quantitative estimate of drug-likeness (QED) is 0.813. The van der Waals surface area contributed by atoms with E-state index in [9.17, 15) is 0 Å². The fourth-order valence-electron chi connectivity index (χ4n) is 1.47. The molecule has 0 aliphatic heterocycles. The molecule has 0 fully saturated rings. The van der Waals surface area contributed by atoms with Crippen LogP contribution in [0.25, 0.3) is 0 Å². The van der Waals surface area contributed by atoms with Gasteiger partial charge in [-0.15, -0.1) is 11.3 Å². The summed E-state index contributed by atoms with van der Waals surface area (Å²) in [5, 5.41) is 3.83. The van der Waals surface area contributed by atoms with Gasteiger partial charge in [0.1, 0.15) is 6.61 Å². The molecule has 0 spiro atoms. The Kier molecular flexibility index (Phi) is 4.28. The molecule has 0 aliphatic rings. The van der Waals surface area contributed by atoms with E-state index < -0.39 is 5.54 Å². The topological polar surface area (TPSA) is 87.1 Å². The van der Waals surface area contributed by atoms with Crippen LogP contribution in [0, 0.1) is 6.92 Å². The average Bonchev–Trinajstić information content (AvgIpc) is 2.93. The molecular formula is C12H18N4O2S. The van der Waals surface area contributed by atoms with Crippen LogP contribution >= 0.6 is 11.3 Å². The molecule has 0 amide bonds. The summed E-state index contributed by atoms with van der Waals surface area (Å²) >= 11 is 1.64. The molecule has 2 rings (SSSR count). The Hall–Kier alpha value is -1.31. The molecule has 2 heterocycles. The summed E-state index contributed by atoms with van der Waals surface area (Å²) in [5.41, 5.74) is 8.19. The highest BCUT2D eigenvalue weighted by Crippen LogP contribution is 2.14.